The number of urea groups is 1. The molecule has 6 heteroatoms. The first-order chi connectivity index (χ1) is 11.0. The molecule has 1 saturated carbocycles. The van der Waals surface area contributed by atoms with Crippen molar-refractivity contribution >= 4 is 11.9 Å². The van der Waals surface area contributed by atoms with Crippen LogP contribution >= 0.6 is 0 Å². The third-order valence-electron chi connectivity index (χ3n) is 5.50. The molecule has 1 aliphatic heterocycles. The molecule has 1 saturated heterocycles. The van der Waals surface area contributed by atoms with E-state index < -0.39 is 0 Å². The van der Waals surface area contributed by atoms with Crippen LogP contribution in [0.25, 0.3) is 0 Å². The van der Waals surface area contributed by atoms with Gasteiger partial charge in [0.15, 0.2) is 0 Å². The van der Waals surface area contributed by atoms with Gasteiger partial charge in [0.05, 0.1) is 0 Å². The molecule has 2 aliphatic rings. The number of nitrogens with zero attached hydrogens (tertiary/aromatic N) is 2. The molecule has 0 aromatic carbocycles. The van der Waals surface area contributed by atoms with Gasteiger partial charge in [-0.3, -0.25) is 4.79 Å². The van der Waals surface area contributed by atoms with E-state index in [9.17, 15) is 9.59 Å². The topological polar surface area (TPSA) is 78.7 Å². The van der Waals surface area contributed by atoms with Crippen LogP contribution in [0.4, 0.5) is 4.79 Å². The number of nitrogens with two attached hydrogens (primary N) is 1. The summed E-state index contributed by atoms with van der Waals surface area (Å²) in [6, 6.07) is 0.401. The average molecular weight is 324 g/mol. The second-order valence-electron chi connectivity index (χ2n) is 7.28. The fourth-order valence-electron chi connectivity index (χ4n) is 3.96. The van der Waals surface area contributed by atoms with Crippen LogP contribution in [-0.2, 0) is 4.79 Å². The maximum absolute atomic E-state index is 12.4. The molecular weight excluding hydrogens is 292 g/mol. The smallest absolute Gasteiger partial charge is 0.317 e. The predicted molar refractivity (Wildman–Crippen MR) is 90.9 cm³/mol. The Morgan fingerprint density at radius 3 is 2.26 bits per heavy atom. The summed E-state index contributed by atoms with van der Waals surface area (Å²) in [4.78, 5) is 27.6. The van der Waals surface area contributed by atoms with Crippen molar-refractivity contribution in [2.24, 2.45) is 17.6 Å². The van der Waals surface area contributed by atoms with Crippen LogP contribution in [0.15, 0.2) is 0 Å². The van der Waals surface area contributed by atoms with Gasteiger partial charge < -0.3 is 20.9 Å². The number of primary amides is 1. The Balaban J connectivity index is 1.79. The van der Waals surface area contributed by atoms with Crippen LogP contribution in [0.1, 0.15) is 44.9 Å². The molecule has 1 heterocycles. The Morgan fingerprint density at radius 2 is 1.74 bits per heavy atom. The summed E-state index contributed by atoms with van der Waals surface area (Å²) in [6.45, 7) is 1.94. The molecule has 0 aromatic heterocycles. The number of rotatable bonds is 5. The molecule has 3 N–H and O–H groups in total. The molecule has 0 aromatic rings. The van der Waals surface area contributed by atoms with Gasteiger partial charge in [-0.2, -0.15) is 0 Å². The van der Waals surface area contributed by atoms with Gasteiger partial charge in [-0.05, 0) is 45.7 Å². The van der Waals surface area contributed by atoms with Crippen molar-refractivity contribution in [3.63, 3.8) is 0 Å². The van der Waals surface area contributed by atoms with E-state index in [1.54, 1.807) is 0 Å². The molecule has 23 heavy (non-hydrogen) atoms. The fourth-order valence-corrected chi connectivity index (χ4v) is 3.96. The molecule has 1 aliphatic carbocycles. The number of nitrogens with one attached hydrogen (secondary N) is 1. The zero-order valence-corrected chi connectivity index (χ0v) is 14.6. The highest BCUT2D eigenvalue weighted by Gasteiger charge is 2.28. The normalized spacial score (nSPS) is 22.1. The molecule has 2 rings (SSSR count). The number of hydrogen-bond acceptors (Lipinski definition) is 3. The van der Waals surface area contributed by atoms with Gasteiger partial charge in [0.2, 0.25) is 5.91 Å². The number of piperidine rings is 1. The predicted octanol–water partition coefficient (Wildman–Crippen LogP) is 1.40. The highest BCUT2D eigenvalue weighted by molar-refractivity contribution is 5.78. The number of likely N-dealkylation sites (N-methyl/N-ethyl adjacent to an activating group) is 1. The van der Waals surface area contributed by atoms with Crippen molar-refractivity contribution in [2.45, 2.75) is 51.0 Å². The van der Waals surface area contributed by atoms with Crippen LogP contribution in [0, 0.1) is 11.8 Å². The Bertz CT molecular complexity index is 399. The van der Waals surface area contributed by atoms with Crippen molar-refractivity contribution < 1.29 is 9.59 Å². The number of hydrogen-bond donors (Lipinski definition) is 2. The summed E-state index contributed by atoms with van der Waals surface area (Å²) < 4.78 is 0. The minimum Gasteiger partial charge on any atom is -0.369 e. The maximum atomic E-state index is 12.4. The summed E-state index contributed by atoms with van der Waals surface area (Å²) in [5.74, 6) is 0.366. The summed E-state index contributed by atoms with van der Waals surface area (Å²) in [6.07, 6.45) is 7.86. The van der Waals surface area contributed by atoms with Gasteiger partial charge in [0.1, 0.15) is 0 Å². The average Bonchev–Trinajstić information content (AvgIpc) is 2.55. The number of carbonyl (C=O) groups excluding carboxylic acids is 2. The van der Waals surface area contributed by atoms with Gasteiger partial charge in [-0.15, -0.1) is 0 Å². The molecule has 0 radical (unpaired) electrons. The zero-order chi connectivity index (χ0) is 16.8. The van der Waals surface area contributed by atoms with Crippen LogP contribution in [-0.4, -0.2) is 61.5 Å². The Labute approximate surface area is 139 Å². The lowest BCUT2D eigenvalue weighted by Crippen LogP contribution is -2.51. The summed E-state index contributed by atoms with van der Waals surface area (Å²) in [5, 5.41) is 3.10. The zero-order valence-electron chi connectivity index (χ0n) is 14.6. The van der Waals surface area contributed by atoms with Crippen molar-refractivity contribution in [1.29, 1.82) is 0 Å². The quantitative estimate of drug-likeness (QED) is 0.802. The Hall–Kier alpha value is -1.30. The van der Waals surface area contributed by atoms with E-state index >= 15 is 0 Å². The second-order valence-corrected chi connectivity index (χ2v) is 7.28. The van der Waals surface area contributed by atoms with E-state index in [4.69, 9.17) is 5.73 Å². The molecule has 132 valence electrons. The van der Waals surface area contributed by atoms with E-state index in [2.05, 4.69) is 24.3 Å². The third-order valence-corrected chi connectivity index (χ3v) is 5.50. The van der Waals surface area contributed by atoms with Gasteiger partial charge in [0, 0.05) is 31.6 Å². The van der Waals surface area contributed by atoms with E-state index in [0.717, 1.165) is 0 Å². The van der Waals surface area contributed by atoms with E-state index in [1.165, 1.54) is 32.1 Å². The van der Waals surface area contributed by atoms with E-state index in [0.29, 0.717) is 44.4 Å². The van der Waals surface area contributed by atoms with Crippen molar-refractivity contribution in [3.8, 4) is 0 Å². The van der Waals surface area contributed by atoms with Gasteiger partial charge >= 0.3 is 6.03 Å². The van der Waals surface area contributed by atoms with Crippen molar-refractivity contribution in [3.05, 3.63) is 0 Å². The molecular formula is C17H32N4O2. The second kappa shape index (κ2) is 8.52. The first-order valence-electron chi connectivity index (χ1n) is 8.97. The first-order valence-corrected chi connectivity index (χ1v) is 8.97. The van der Waals surface area contributed by atoms with Gasteiger partial charge in [0.25, 0.3) is 0 Å². The Kier molecular flexibility index (Phi) is 6.69. The minimum absolute atomic E-state index is 0.00409. The summed E-state index contributed by atoms with van der Waals surface area (Å²) >= 11 is 0. The molecule has 2 fully saturated rings. The van der Waals surface area contributed by atoms with E-state index in [1.807, 2.05) is 4.90 Å². The molecule has 3 amide bonds. The number of likely N-dealkylation sites (tertiary alicyclic amines) is 1. The van der Waals surface area contributed by atoms with Crippen LogP contribution in [0.3, 0.4) is 0 Å². The minimum atomic E-state index is -0.241. The van der Waals surface area contributed by atoms with Gasteiger partial charge in [-0.1, -0.05) is 19.3 Å². The number of carbonyl (C=O) groups is 2. The third kappa shape index (κ3) is 5.09. The molecule has 6 nitrogen and oxygen atoms in total. The Morgan fingerprint density at radius 1 is 1.13 bits per heavy atom. The lowest BCUT2D eigenvalue weighted by atomic mass is 9.83. The van der Waals surface area contributed by atoms with Crippen LogP contribution in [0.2, 0.25) is 0 Å². The highest BCUT2D eigenvalue weighted by Crippen LogP contribution is 2.28. The van der Waals surface area contributed by atoms with Crippen molar-refractivity contribution in [2.75, 3.05) is 33.7 Å². The molecule has 1 unspecified atom stereocenters. The van der Waals surface area contributed by atoms with Gasteiger partial charge in [-0.25, -0.2) is 4.79 Å². The summed E-state index contributed by atoms with van der Waals surface area (Å²) in [5.41, 5.74) is 5.34. The largest absolute Gasteiger partial charge is 0.369 e. The first kappa shape index (κ1) is 18.0. The lowest BCUT2D eigenvalue weighted by molar-refractivity contribution is -0.123. The number of amides is 3. The summed E-state index contributed by atoms with van der Waals surface area (Å²) in [7, 11) is 4.20. The van der Waals surface area contributed by atoms with E-state index in [-0.39, 0.29) is 17.9 Å². The van der Waals surface area contributed by atoms with Crippen LogP contribution < -0.4 is 11.1 Å². The standard InChI is InChI=1S/C17H32N4O2/c1-20(2)15(13-6-4-3-5-7-13)12-19-17(23)21-10-8-14(9-11-21)16(18)22/h13-15H,3-12H2,1-2H3,(H2,18,22)(H,19,23). The van der Waals surface area contributed by atoms with Crippen LogP contribution in [0.5, 0.6) is 0 Å². The maximum Gasteiger partial charge on any atom is 0.317 e. The SMILES string of the molecule is CN(C)C(CNC(=O)N1CCC(C(N)=O)CC1)C1CCCCC1. The molecule has 1 atom stereocenters. The highest BCUT2D eigenvalue weighted by atomic mass is 16.2. The fraction of sp³-hybridized carbons (Fsp3) is 0.882. The lowest BCUT2D eigenvalue weighted by Gasteiger charge is -2.36. The molecule has 0 bridgehead atoms. The monoisotopic (exact) mass is 324 g/mol. The molecule has 0 spiro atoms. The van der Waals surface area contributed by atoms with Crippen molar-refractivity contribution in [1.82, 2.24) is 15.1 Å².